The Morgan fingerprint density at radius 1 is 1.14 bits per heavy atom. The van der Waals surface area contributed by atoms with Gasteiger partial charge in [-0.3, -0.25) is 9.69 Å². The summed E-state index contributed by atoms with van der Waals surface area (Å²) in [5.74, 6) is 1.62. The van der Waals surface area contributed by atoms with Crippen LogP contribution >= 0.6 is 0 Å². The monoisotopic (exact) mass is 479 g/mol. The molecule has 1 heterocycles. The van der Waals surface area contributed by atoms with Gasteiger partial charge in [-0.2, -0.15) is 0 Å². The molecule has 2 aromatic rings. The normalized spacial score (nSPS) is 20.1. The minimum absolute atomic E-state index is 0.0799. The van der Waals surface area contributed by atoms with Crippen molar-refractivity contribution in [2.75, 3.05) is 38.6 Å². The van der Waals surface area contributed by atoms with E-state index >= 15 is 0 Å². The van der Waals surface area contributed by atoms with Crippen LogP contribution in [0, 0.1) is 12.8 Å². The molecule has 1 amide bonds. The summed E-state index contributed by atoms with van der Waals surface area (Å²) in [5, 5.41) is 12.5. The summed E-state index contributed by atoms with van der Waals surface area (Å²) >= 11 is 0. The number of aliphatic hydroxyl groups excluding tert-OH is 1. The third-order valence-electron chi connectivity index (χ3n) is 7.71. The smallest absolute Gasteiger partial charge is 0.227 e. The van der Waals surface area contributed by atoms with Crippen LogP contribution in [0.2, 0.25) is 0 Å². The molecule has 1 saturated heterocycles. The van der Waals surface area contributed by atoms with E-state index in [9.17, 15) is 9.90 Å². The molecule has 0 spiro atoms. The number of ether oxygens (including phenoxy) is 1. The Bertz CT molecular complexity index is 1000. The topological polar surface area (TPSA) is 65.0 Å². The molecule has 1 saturated carbocycles. The fourth-order valence-corrected chi connectivity index (χ4v) is 5.25. The summed E-state index contributed by atoms with van der Waals surface area (Å²) in [6, 6.07) is 12.5. The van der Waals surface area contributed by atoms with E-state index in [2.05, 4.69) is 42.1 Å². The van der Waals surface area contributed by atoms with Crippen molar-refractivity contribution in [2.45, 2.75) is 65.0 Å². The highest BCUT2D eigenvalue weighted by atomic mass is 16.5. The SMILES string of the molecule is Cc1c(CN2CCN(C)[C@@H](C)C2)ccc(NC(=O)C2CCCCC2)c1Oc1cccc(CCO)c1. The fourth-order valence-electron chi connectivity index (χ4n) is 5.25. The minimum atomic E-state index is 0.0799. The van der Waals surface area contributed by atoms with Gasteiger partial charge in [-0.25, -0.2) is 0 Å². The molecule has 2 aromatic carbocycles. The van der Waals surface area contributed by atoms with Crippen LogP contribution in [0.3, 0.4) is 0 Å². The highest BCUT2D eigenvalue weighted by Gasteiger charge is 2.25. The highest BCUT2D eigenvalue weighted by molar-refractivity contribution is 5.94. The lowest BCUT2D eigenvalue weighted by Crippen LogP contribution is -2.49. The Morgan fingerprint density at radius 3 is 2.69 bits per heavy atom. The number of hydrogen-bond acceptors (Lipinski definition) is 5. The Kier molecular flexibility index (Phi) is 8.82. The molecule has 0 bridgehead atoms. The molecule has 0 unspecified atom stereocenters. The molecule has 1 atom stereocenters. The molecule has 2 N–H and O–H groups in total. The number of benzene rings is 2. The molecule has 190 valence electrons. The first kappa shape index (κ1) is 25.7. The minimum Gasteiger partial charge on any atom is -0.455 e. The van der Waals surface area contributed by atoms with E-state index in [1.165, 1.54) is 12.0 Å². The summed E-state index contributed by atoms with van der Waals surface area (Å²) in [5.41, 5.74) is 4.05. The van der Waals surface area contributed by atoms with E-state index in [0.717, 1.165) is 80.2 Å². The largest absolute Gasteiger partial charge is 0.455 e. The van der Waals surface area contributed by atoms with E-state index in [-0.39, 0.29) is 18.4 Å². The molecular formula is C29H41N3O3. The van der Waals surface area contributed by atoms with Gasteiger partial charge >= 0.3 is 0 Å². The molecule has 2 aliphatic rings. The van der Waals surface area contributed by atoms with Gasteiger partial charge in [-0.05, 0) is 75.0 Å². The van der Waals surface area contributed by atoms with Crippen molar-refractivity contribution in [2.24, 2.45) is 5.92 Å². The predicted octanol–water partition coefficient (Wildman–Crippen LogP) is 4.98. The van der Waals surface area contributed by atoms with Crippen molar-refractivity contribution in [3.8, 4) is 11.5 Å². The zero-order chi connectivity index (χ0) is 24.8. The van der Waals surface area contributed by atoms with Crippen LogP contribution in [0.25, 0.3) is 0 Å². The van der Waals surface area contributed by atoms with Crippen molar-refractivity contribution < 1.29 is 14.6 Å². The lowest BCUT2D eigenvalue weighted by molar-refractivity contribution is -0.120. The molecule has 6 heteroatoms. The first-order valence-corrected chi connectivity index (χ1v) is 13.2. The van der Waals surface area contributed by atoms with E-state index in [1.54, 1.807) is 0 Å². The molecule has 2 fully saturated rings. The number of nitrogens with one attached hydrogen (secondary N) is 1. The van der Waals surface area contributed by atoms with Gasteiger partial charge in [-0.15, -0.1) is 0 Å². The molecule has 35 heavy (non-hydrogen) atoms. The summed E-state index contributed by atoms with van der Waals surface area (Å²) < 4.78 is 6.46. The number of carbonyl (C=O) groups is 1. The summed E-state index contributed by atoms with van der Waals surface area (Å²) in [6.07, 6.45) is 5.99. The average Bonchev–Trinajstić information content (AvgIpc) is 2.86. The van der Waals surface area contributed by atoms with Crippen LogP contribution in [0.5, 0.6) is 11.5 Å². The molecule has 6 nitrogen and oxygen atoms in total. The highest BCUT2D eigenvalue weighted by Crippen LogP contribution is 2.37. The molecular weight excluding hydrogens is 438 g/mol. The second-order valence-electron chi connectivity index (χ2n) is 10.3. The number of likely N-dealkylation sites (N-methyl/N-ethyl adjacent to an activating group) is 1. The quantitative estimate of drug-likeness (QED) is 0.559. The maximum absolute atomic E-state index is 13.1. The lowest BCUT2D eigenvalue weighted by atomic mass is 9.88. The van der Waals surface area contributed by atoms with Gasteiger partial charge in [0.05, 0.1) is 5.69 Å². The number of anilines is 1. The Balaban J connectivity index is 1.60. The van der Waals surface area contributed by atoms with Crippen molar-refractivity contribution in [3.63, 3.8) is 0 Å². The third kappa shape index (κ3) is 6.63. The van der Waals surface area contributed by atoms with Gasteiger partial charge in [0.15, 0.2) is 5.75 Å². The third-order valence-corrected chi connectivity index (χ3v) is 7.71. The molecule has 1 aliphatic carbocycles. The molecule has 0 radical (unpaired) electrons. The standard InChI is InChI=1S/C29H41N3O3/c1-21-19-32(16-15-31(21)3)20-25-12-13-27(30-29(34)24-9-5-4-6-10-24)28(22(25)2)35-26-11-7-8-23(18-26)14-17-33/h7-8,11-13,18,21,24,33H,4-6,9-10,14-17,19-20H2,1-3H3,(H,30,34)/t21-/m0/s1. The van der Waals surface area contributed by atoms with Crippen LogP contribution in [0.1, 0.15) is 55.7 Å². The van der Waals surface area contributed by atoms with Gasteiger partial charge in [-0.1, -0.05) is 37.5 Å². The number of aliphatic hydroxyl groups is 1. The Labute approximate surface area is 210 Å². The number of amides is 1. The Hall–Kier alpha value is -2.41. The van der Waals surface area contributed by atoms with E-state index in [0.29, 0.717) is 12.5 Å². The second kappa shape index (κ2) is 12.0. The van der Waals surface area contributed by atoms with Crippen LogP contribution < -0.4 is 10.1 Å². The van der Waals surface area contributed by atoms with Crippen molar-refractivity contribution in [1.82, 2.24) is 9.80 Å². The summed E-state index contributed by atoms with van der Waals surface area (Å²) in [4.78, 5) is 18.0. The first-order valence-electron chi connectivity index (χ1n) is 13.2. The summed E-state index contributed by atoms with van der Waals surface area (Å²) in [6.45, 7) is 8.48. The zero-order valence-electron chi connectivity index (χ0n) is 21.6. The number of rotatable bonds is 8. The van der Waals surface area contributed by atoms with Gasteiger partial charge < -0.3 is 20.1 Å². The van der Waals surface area contributed by atoms with Gasteiger partial charge in [0.25, 0.3) is 0 Å². The zero-order valence-corrected chi connectivity index (χ0v) is 21.6. The van der Waals surface area contributed by atoms with Gasteiger partial charge in [0.1, 0.15) is 5.75 Å². The lowest BCUT2D eigenvalue weighted by Gasteiger charge is -2.38. The number of nitrogens with zero attached hydrogens (tertiary/aromatic N) is 2. The maximum Gasteiger partial charge on any atom is 0.227 e. The Morgan fingerprint density at radius 2 is 1.94 bits per heavy atom. The molecule has 1 aliphatic heterocycles. The second-order valence-corrected chi connectivity index (χ2v) is 10.3. The predicted molar refractivity (Wildman–Crippen MR) is 141 cm³/mol. The number of piperazine rings is 1. The van der Waals surface area contributed by atoms with Crippen molar-refractivity contribution in [3.05, 3.63) is 53.1 Å². The van der Waals surface area contributed by atoms with Gasteiger partial charge in [0.2, 0.25) is 5.91 Å². The van der Waals surface area contributed by atoms with Crippen LogP contribution in [-0.2, 0) is 17.8 Å². The van der Waals surface area contributed by atoms with Crippen LogP contribution in [-0.4, -0.2) is 60.1 Å². The summed E-state index contributed by atoms with van der Waals surface area (Å²) in [7, 11) is 2.19. The maximum atomic E-state index is 13.1. The van der Waals surface area contributed by atoms with Crippen molar-refractivity contribution in [1.29, 1.82) is 0 Å². The van der Waals surface area contributed by atoms with Gasteiger partial charge in [0, 0.05) is 44.7 Å². The molecule has 4 rings (SSSR count). The number of carbonyl (C=O) groups excluding carboxylic acids is 1. The molecule has 0 aromatic heterocycles. The number of hydrogen-bond donors (Lipinski definition) is 2. The average molecular weight is 480 g/mol. The van der Waals surface area contributed by atoms with Crippen molar-refractivity contribution >= 4 is 11.6 Å². The fraction of sp³-hybridized carbons (Fsp3) is 0.552. The first-order chi connectivity index (χ1) is 16.9. The van der Waals surface area contributed by atoms with E-state index in [4.69, 9.17) is 4.74 Å². The van der Waals surface area contributed by atoms with Crippen LogP contribution in [0.15, 0.2) is 36.4 Å². The van der Waals surface area contributed by atoms with Crippen LogP contribution in [0.4, 0.5) is 5.69 Å². The van der Waals surface area contributed by atoms with E-state index in [1.807, 2.05) is 30.3 Å². The van der Waals surface area contributed by atoms with E-state index < -0.39 is 0 Å².